The van der Waals surface area contributed by atoms with Crippen molar-refractivity contribution in [2.75, 3.05) is 36.0 Å². The van der Waals surface area contributed by atoms with Crippen LogP contribution in [0.1, 0.15) is 47.9 Å². The third-order valence-electron chi connectivity index (χ3n) is 8.63. The van der Waals surface area contributed by atoms with Gasteiger partial charge in [-0.2, -0.15) is 5.21 Å². The maximum absolute atomic E-state index is 13.2. The summed E-state index contributed by atoms with van der Waals surface area (Å²) in [5, 5.41) is 21.9. The summed E-state index contributed by atoms with van der Waals surface area (Å²) in [6.45, 7) is 7.87. The highest BCUT2D eigenvalue weighted by Crippen LogP contribution is 2.36. The number of piperidine rings is 1. The van der Waals surface area contributed by atoms with Gasteiger partial charge in [-0.25, -0.2) is 9.50 Å². The van der Waals surface area contributed by atoms with Crippen molar-refractivity contribution in [1.82, 2.24) is 45.5 Å². The molecule has 0 bridgehead atoms. The molecule has 2 fully saturated rings. The Bertz CT molecular complexity index is 1710. The van der Waals surface area contributed by atoms with Gasteiger partial charge in [-0.3, -0.25) is 9.78 Å². The zero-order valence-electron chi connectivity index (χ0n) is 23.7. The molecule has 7 rings (SSSR count). The molecular weight excluding hydrogens is 530 g/mol. The van der Waals surface area contributed by atoms with Gasteiger partial charge in [0, 0.05) is 49.5 Å². The van der Waals surface area contributed by atoms with Gasteiger partial charge in [-0.05, 0) is 60.7 Å². The number of amides is 1. The zero-order chi connectivity index (χ0) is 28.7. The van der Waals surface area contributed by atoms with Crippen molar-refractivity contribution in [2.24, 2.45) is 0 Å². The monoisotopic (exact) mass is 563 g/mol. The van der Waals surface area contributed by atoms with Crippen LogP contribution in [0.25, 0.3) is 17.2 Å². The molecule has 0 saturated carbocycles. The zero-order valence-corrected chi connectivity index (χ0v) is 23.7. The van der Waals surface area contributed by atoms with Gasteiger partial charge in [0.15, 0.2) is 5.65 Å². The smallest absolute Gasteiger partial charge is 0.291 e. The summed E-state index contributed by atoms with van der Waals surface area (Å²) in [5.41, 5.74) is 5.99. The first kappa shape index (κ1) is 26.1. The van der Waals surface area contributed by atoms with Crippen LogP contribution < -0.4 is 15.1 Å². The summed E-state index contributed by atoms with van der Waals surface area (Å²) in [6.07, 6.45) is 6.47. The Morgan fingerprint density at radius 2 is 1.88 bits per heavy atom. The SMILES string of the molecule is Cc1cc(N2CC[C@](C)(c3ccccc3)C2)cn2nc(C(=O)NC3CCN(c4ccnc(-c5nn[nH]n5)c4)CC3)nc12. The number of aryl methyl sites for hydroxylation is 1. The first-order valence-electron chi connectivity index (χ1n) is 14.4. The largest absolute Gasteiger partial charge is 0.371 e. The second-order valence-corrected chi connectivity index (χ2v) is 11.6. The third kappa shape index (κ3) is 4.93. The van der Waals surface area contributed by atoms with Gasteiger partial charge in [0.2, 0.25) is 11.6 Å². The predicted octanol–water partition coefficient (Wildman–Crippen LogP) is 3.18. The second kappa shape index (κ2) is 10.5. The molecule has 5 aromatic rings. The van der Waals surface area contributed by atoms with Crippen molar-refractivity contribution < 1.29 is 4.79 Å². The van der Waals surface area contributed by atoms with E-state index in [1.54, 1.807) is 10.7 Å². The highest BCUT2D eigenvalue weighted by molar-refractivity contribution is 5.91. The van der Waals surface area contributed by atoms with E-state index < -0.39 is 0 Å². The minimum Gasteiger partial charge on any atom is -0.371 e. The molecule has 2 N–H and O–H groups in total. The lowest BCUT2D eigenvalue weighted by atomic mass is 9.82. The molecule has 0 spiro atoms. The lowest BCUT2D eigenvalue weighted by Gasteiger charge is -2.33. The molecule has 12 heteroatoms. The number of tetrazole rings is 1. The molecule has 214 valence electrons. The molecule has 0 aliphatic carbocycles. The first-order valence-corrected chi connectivity index (χ1v) is 14.4. The average molecular weight is 564 g/mol. The fourth-order valence-electron chi connectivity index (χ4n) is 6.20. The van der Waals surface area contributed by atoms with E-state index >= 15 is 0 Å². The summed E-state index contributed by atoms with van der Waals surface area (Å²) in [7, 11) is 0. The summed E-state index contributed by atoms with van der Waals surface area (Å²) in [4.78, 5) is 26.8. The molecule has 2 aliphatic rings. The Kier molecular flexibility index (Phi) is 6.52. The number of aromatic nitrogens is 8. The van der Waals surface area contributed by atoms with Crippen LogP contribution in [0.3, 0.4) is 0 Å². The number of H-pyrrole nitrogens is 1. The van der Waals surface area contributed by atoms with Crippen LogP contribution in [0.5, 0.6) is 0 Å². The number of hydrogen-bond acceptors (Lipinski definition) is 9. The van der Waals surface area contributed by atoms with Gasteiger partial charge >= 0.3 is 0 Å². The number of anilines is 2. The molecule has 6 heterocycles. The number of fused-ring (bicyclic) bond motifs is 1. The maximum Gasteiger partial charge on any atom is 0.291 e. The quantitative estimate of drug-likeness (QED) is 0.320. The second-order valence-electron chi connectivity index (χ2n) is 11.6. The molecular formula is C30H33N11O. The van der Waals surface area contributed by atoms with Crippen LogP contribution in [0.15, 0.2) is 60.9 Å². The van der Waals surface area contributed by atoms with Gasteiger partial charge in [0.1, 0.15) is 5.69 Å². The van der Waals surface area contributed by atoms with Gasteiger partial charge in [-0.15, -0.1) is 15.3 Å². The molecule has 1 aromatic carbocycles. The minimum absolute atomic E-state index is 0.0517. The molecule has 42 heavy (non-hydrogen) atoms. The molecule has 1 atom stereocenters. The number of nitrogens with one attached hydrogen (secondary N) is 2. The Morgan fingerprint density at radius 1 is 1.05 bits per heavy atom. The fourth-order valence-corrected chi connectivity index (χ4v) is 6.20. The fraction of sp³-hybridized carbons (Fsp3) is 0.367. The van der Waals surface area contributed by atoms with Crippen LogP contribution in [0.4, 0.5) is 11.4 Å². The first-order chi connectivity index (χ1) is 20.4. The van der Waals surface area contributed by atoms with E-state index in [1.807, 2.05) is 25.3 Å². The van der Waals surface area contributed by atoms with Gasteiger partial charge in [-0.1, -0.05) is 37.3 Å². The molecule has 2 aliphatic heterocycles. The Labute approximate surface area is 243 Å². The van der Waals surface area contributed by atoms with E-state index in [4.69, 9.17) is 0 Å². The predicted molar refractivity (Wildman–Crippen MR) is 158 cm³/mol. The summed E-state index contributed by atoms with van der Waals surface area (Å²) in [6, 6.07) is 16.9. The van der Waals surface area contributed by atoms with Crippen molar-refractivity contribution in [2.45, 2.75) is 44.6 Å². The lowest BCUT2D eigenvalue weighted by molar-refractivity contribution is 0.0921. The van der Waals surface area contributed by atoms with Crippen molar-refractivity contribution >= 4 is 22.9 Å². The van der Waals surface area contributed by atoms with Crippen LogP contribution in [0.2, 0.25) is 0 Å². The molecule has 1 amide bonds. The standard InChI is InChI=1S/C30H33N11O/c1-20-16-24(40-15-11-30(2,19-40)21-6-4-3-5-7-21)18-41-28(20)33-27(36-41)29(42)32-22-9-13-39(14-10-22)23-8-12-31-25(17-23)26-34-37-38-35-26/h3-8,12,16-18,22H,9-11,13-15,19H2,1-2H3,(H,32,42)(H,34,35,37,38)/t30-/m0/s1. The van der Waals surface area contributed by atoms with E-state index in [-0.39, 0.29) is 23.2 Å². The highest BCUT2D eigenvalue weighted by Gasteiger charge is 2.35. The number of carbonyl (C=O) groups excluding carboxylic acids is 1. The Hall–Kier alpha value is -4.87. The number of carbonyl (C=O) groups is 1. The number of nitrogens with zero attached hydrogens (tertiary/aromatic N) is 9. The summed E-state index contributed by atoms with van der Waals surface area (Å²) < 4.78 is 1.76. The third-order valence-corrected chi connectivity index (χ3v) is 8.63. The minimum atomic E-state index is -0.237. The van der Waals surface area contributed by atoms with E-state index in [9.17, 15) is 4.79 Å². The van der Waals surface area contributed by atoms with E-state index in [1.165, 1.54) is 5.56 Å². The van der Waals surface area contributed by atoms with Crippen LogP contribution in [-0.2, 0) is 5.41 Å². The van der Waals surface area contributed by atoms with E-state index in [0.717, 1.165) is 62.4 Å². The van der Waals surface area contributed by atoms with Crippen molar-refractivity contribution in [3.8, 4) is 11.5 Å². The summed E-state index contributed by atoms with van der Waals surface area (Å²) >= 11 is 0. The van der Waals surface area contributed by atoms with E-state index in [0.29, 0.717) is 17.2 Å². The van der Waals surface area contributed by atoms with Gasteiger partial charge in [0.05, 0.1) is 11.9 Å². The number of benzene rings is 1. The van der Waals surface area contributed by atoms with Crippen molar-refractivity contribution in [1.29, 1.82) is 0 Å². The van der Waals surface area contributed by atoms with Crippen LogP contribution in [0, 0.1) is 6.92 Å². The average Bonchev–Trinajstić information content (AvgIpc) is 3.79. The van der Waals surface area contributed by atoms with Crippen molar-refractivity contribution in [3.63, 3.8) is 0 Å². The number of hydrogen-bond donors (Lipinski definition) is 2. The molecule has 0 unspecified atom stereocenters. The van der Waals surface area contributed by atoms with Gasteiger partial charge < -0.3 is 15.1 Å². The lowest BCUT2D eigenvalue weighted by Crippen LogP contribution is -2.45. The molecule has 12 nitrogen and oxygen atoms in total. The number of rotatable bonds is 6. The van der Waals surface area contributed by atoms with Crippen molar-refractivity contribution in [3.05, 3.63) is 77.9 Å². The summed E-state index contributed by atoms with van der Waals surface area (Å²) in [5.74, 6) is 0.429. The number of aromatic amines is 1. The molecule has 0 radical (unpaired) electrons. The van der Waals surface area contributed by atoms with Crippen LogP contribution >= 0.6 is 0 Å². The Balaban J connectivity index is 1.00. The molecule has 2 saturated heterocycles. The highest BCUT2D eigenvalue weighted by atomic mass is 16.2. The number of pyridine rings is 2. The maximum atomic E-state index is 13.2. The normalized spacial score (nSPS) is 19.5. The van der Waals surface area contributed by atoms with E-state index in [2.05, 4.69) is 94.1 Å². The Morgan fingerprint density at radius 3 is 2.67 bits per heavy atom. The van der Waals surface area contributed by atoms with Crippen LogP contribution in [-0.4, -0.2) is 78.3 Å². The van der Waals surface area contributed by atoms with Gasteiger partial charge in [0.25, 0.3) is 5.91 Å². The molecule has 4 aromatic heterocycles. The topological polar surface area (TPSA) is 133 Å².